The van der Waals surface area contributed by atoms with Gasteiger partial charge in [0.1, 0.15) is 0 Å². The van der Waals surface area contributed by atoms with Crippen LogP contribution in [0.25, 0.3) is 0 Å². The lowest BCUT2D eigenvalue weighted by atomic mass is 10.0. The maximum absolute atomic E-state index is 11.4. The third-order valence-electron chi connectivity index (χ3n) is 6.64. The van der Waals surface area contributed by atoms with E-state index in [1.54, 1.807) is 0 Å². The largest absolute Gasteiger partial charge is 0.468 e. The number of esters is 1. The highest BCUT2D eigenvalue weighted by Gasteiger charge is 2.31. The van der Waals surface area contributed by atoms with Gasteiger partial charge in [-0.05, 0) is 6.42 Å². The molecule has 1 unspecified atom stereocenters. The molecule has 0 bridgehead atoms. The number of hydrogen-bond donors (Lipinski definition) is 1. The highest BCUT2D eigenvalue weighted by molar-refractivity contribution is 7.87. The quantitative estimate of drug-likeness (QED) is 0.0789. The maximum Gasteiger partial charge on any atom is 0.326 e. The van der Waals surface area contributed by atoms with E-state index in [1.807, 2.05) is 0 Å². The predicted molar refractivity (Wildman–Crippen MR) is 139 cm³/mol. The number of unbranched alkanes of at least 4 members (excludes halogenated alkanes) is 21. The average molecular weight is 491 g/mol. The van der Waals surface area contributed by atoms with Gasteiger partial charge in [-0.1, -0.05) is 148 Å². The van der Waals surface area contributed by atoms with Crippen molar-refractivity contribution in [2.45, 2.75) is 160 Å². The Labute approximate surface area is 205 Å². The first-order valence-electron chi connectivity index (χ1n) is 14.0. The molecule has 0 aromatic rings. The van der Waals surface area contributed by atoms with Crippen molar-refractivity contribution in [3.63, 3.8) is 0 Å². The van der Waals surface area contributed by atoms with E-state index >= 15 is 0 Å². The number of rotatable bonds is 25. The summed E-state index contributed by atoms with van der Waals surface area (Å²) in [6.45, 7) is 2.28. The monoisotopic (exact) mass is 490 g/mol. The average Bonchev–Trinajstić information content (AvgIpc) is 2.78. The van der Waals surface area contributed by atoms with Gasteiger partial charge in [-0.15, -0.1) is 0 Å². The topological polar surface area (TPSA) is 80.7 Å². The van der Waals surface area contributed by atoms with Crippen LogP contribution in [0.15, 0.2) is 0 Å². The summed E-state index contributed by atoms with van der Waals surface area (Å²) in [5.74, 6) is -0.874. The van der Waals surface area contributed by atoms with Crippen LogP contribution >= 0.6 is 0 Å². The van der Waals surface area contributed by atoms with Crippen molar-refractivity contribution in [2.24, 2.45) is 0 Å². The summed E-state index contributed by atoms with van der Waals surface area (Å²) in [6.07, 6.45) is 28.7. The molecule has 0 saturated heterocycles. The Morgan fingerprint density at radius 1 is 0.606 bits per heavy atom. The minimum Gasteiger partial charge on any atom is -0.468 e. The van der Waals surface area contributed by atoms with E-state index in [0.717, 1.165) is 26.4 Å². The lowest BCUT2D eigenvalue weighted by molar-refractivity contribution is -0.140. The molecule has 5 nitrogen and oxygen atoms in total. The van der Waals surface area contributed by atoms with Gasteiger partial charge in [-0.25, -0.2) is 0 Å². The summed E-state index contributed by atoms with van der Waals surface area (Å²) in [5.41, 5.74) is 0. The number of methoxy groups -OCH3 is 1. The Morgan fingerprint density at radius 2 is 0.879 bits per heavy atom. The highest BCUT2D eigenvalue weighted by atomic mass is 32.2. The Hall–Kier alpha value is -0.620. The van der Waals surface area contributed by atoms with Crippen LogP contribution in [0.1, 0.15) is 155 Å². The van der Waals surface area contributed by atoms with Gasteiger partial charge < -0.3 is 4.74 Å². The van der Waals surface area contributed by atoms with Crippen molar-refractivity contribution < 1.29 is 22.5 Å². The van der Waals surface area contributed by atoms with Crippen molar-refractivity contribution in [3.05, 3.63) is 0 Å². The molecule has 6 heteroatoms. The van der Waals surface area contributed by atoms with Crippen molar-refractivity contribution in [3.8, 4) is 0 Å². The van der Waals surface area contributed by atoms with Crippen molar-refractivity contribution >= 4 is 16.1 Å². The Balaban J connectivity index is 3.29. The van der Waals surface area contributed by atoms with Crippen molar-refractivity contribution in [1.82, 2.24) is 0 Å². The third-order valence-corrected chi connectivity index (χ3v) is 7.79. The second-order valence-electron chi connectivity index (χ2n) is 9.74. The lowest BCUT2D eigenvalue weighted by Crippen LogP contribution is -2.30. The van der Waals surface area contributed by atoms with Crippen LogP contribution in [-0.4, -0.2) is 31.3 Å². The Morgan fingerprint density at radius 3 is 1.12 bits per heavy atom. The van der Waals surface area contributed by atoms with Gasteiger partial charge in [0.25, 0.3) is 10.1 Å². The Kier molecular flexibility index (Phi) is 22.7. The molecule has 0 rings (SSSR count). The molecule has 1 atom stereocenters. The second kappa shape index (κ2) is 23.1. The number of carbonyl (C=O) groups excluding carboxylic acids is 1. The molecule has 0 aliphatic rings. The molecule has 33 heavy (non-hydrogen) atoms. The minimum atomic E-state index is -4.38. The molecular formula is C27H54O5S. The van der Waals surface area contributed by atoms with Gasteiger partial charge >= 0.3 is 5.97 Å². The number of ether oxygens (including phenoxy) is 1. The van der Waals surface area contributed by atoms with Crippen molar-refractivity contribution in [2.75, 3.05) is 7.11 Å². The van der Waals surface area contributed by atoms with Crippen molar-refractivity contribution in [1.29, 1.82) is 0 Å². The normalized spacial score (nSPS) is 12.7. The molecule has 0 aromatic heterocycles. The van der Waals surface area contributed by atoms with Gasteiger partial charge in [0.2, 0.25) is 0 Å². The zero-order valence-electron chi connectivity index (χ0n) is 21.8. The molecule has 0 fully saturated rings. The van der Waals surface area contributed by atoms with Crippen LogP contribution in [0.3, 0.4) is 0 Å². The fourth-order valence-electron chi connectivity index (χ4n) is 4.46. The number of carbonyl (C=O) groups is 1. The summed E-state index contributed by atoms with van der Waals surface area (Å²) in [5, 5.41) is -1.44. The van der Waals surface area contributed by atoms with Gasteiger partial charge in [0.15, 0.2) is 5.25 Å². The fraction of sp³-hybridized carbons (Fsp3) is 0.963. The maximum atomic E-state index is 11.4. The zero-order valence-corrected chi connectivity index (χ0v) is 22.6. The first-order valence-corrected chi connectivity index (χ1v) is 15.5. The first kappa shape index (κ1) is 32.4. The Bertz CT molecular complexity index is 533. The van der Waals surface area contributed by atoms with Crippen LogP contribution in [0, 0.1) is 0 Å². The SMILES string of the molecule is CCCCCCCCCCCCCCCCCCCCCCCCC(C(=O)OC)S(=O)(=O)O. The van der Waals surface area contributed by atoms with E-state index in [4.69, 9.17) is 4.55 Å². The van der Waals surface area contributed by atoms with E-state index in [1.165, 1.54) is 116 Å². The summed E-state index contributed by atoms with van der Waals surface area (Å²) in [6, 6.07) is 0. The zero-order chi connectivity index (χ0) is 24.6. The van der Waals surface area contributed by atoms with Crippen LogP contribution in [0.4, 0.5) is 0 Å². The summed E-state index contributed by atoms with van der Waals surface area (Å²) >= 11 is 0. The smallest absolute Gasteiger partial charge is 0.326 e. The van der Waals surface area contributed by atoms with Gasteiger partial charge in [-0.3, -0.25) is 9.35 Å². The van der Waals surface area contributed by atoms with Crippen LogP contribution < -0.4 is 0 Å². The van der Waals surface area contributed by atoms with E-state index < -0.39 is 21.3 Å². The molecule has 0 aromatic carbocycles. The molecule has 0 aliphatic carbocycles. The van der Waals surface area contributed by atoms with Gasteiger partial charge in [-0.2, -0.15) is 8.42 Å². The second-order valence-corrected chi connectivity index (χ2v) is 11.3. The minimum absolute atomic E-state index is 0.130. The molecule has 0 aliphatic heterocycles. The van der Waals surface area contributed by atoms with E-state index in [-0.39, 0.29) is 6.42 Å². The summed E-state index contributed by atoms with van der Waals surface area (Å²) < 4.78 is 36.1. The highest BCUT2D eigenvalue weighted by Crippen LogP contribution is 2.17. The molecule has 0 saturated carbocycles. The standard InChI is InChI=1S/C27H54O5S/c1-3-4-5-6-7-8-9-10-11-12-13-14-15-16-17-18-19-20-21-22-23-24-25-26(27(28)32-2)33(29,30)31/h26H,3-25H2,1-2H3,(H,29,30,31). The lowest BCUT2D eigenvalue weighted by Gasteiger charge is -2.11. The van der Waals surface area contributed by atoms with Crippen LogP contribution in [0.2, 0.25) is 0 Å². The van der Waals surface area contributed by atoms with Gasteiger partial charge in [0.05, 0.1) is 7.11 Å². The summed E-state index contributed by atoms with van der Waals surface area (Å²) in [4.78, 5) is 11.4. The number of hydrogen-bond acceptors (Lipinski definition) is 4. The predicted octanol–water partition coefficient (Wildman–Crippen LogP) is 8.41. The van der Waals surface area contributed by atoms with Crippen LogP contribution in [-0.2, 0) is 19.6 Å². The third kappa shape index (κ3) is 21.6. The molecule has 0 radical (unpaired) electrons. The molecule has 0 spiro atoms. The molecular weight excluding hydrogens is 436 g/mol. The first-order chi connectivity index (χ1) is 15.9. The molecule has 0 amide bonds. The molecule has 198 valence electrons. The molecule has 0 heterocycles. The van der Waals surface area contributed by atoms with Gasteiger partial charge in [0, 0.05) is 0 Å². The van der Waals surface area contributed by atoms with Crippen LogP contribution in [0.5, 0.6) is 0 Å². The van der Waals surface area contributed by atoms with E-state index in [2.05, 4.69) is 11.7 Å². The fourth-order valence-corrected chi connectivity index (χ4v) is 5.26. The van der Waals surface area contributed by atoms with E-state index in [0.29, 0.717) is 6.42 Å². The molecule has 1 N–H and O–H groups in total. The van der Waals surface area contributed by atoms with E-state index in [9.17, 15) is 13.2 Å². The summed E-state index contributed by atoms with van der Waals surface area (Å²) in [7, 11) is -3.24.